The Balaban J connectivity index is 1.89. The van der Waals surface area contributed by atoms with Crippen molar-refractivity contribution in [2.45, 2.75) is 12.8 Å². The Morgan fingerprint density at radius 3 is 2.85 bits per heavy atom. The summed E-state index contributed by atoms with van der Waals surface area (Å²) in [7, 11) is 1.63. The highest BCUT2D eigenvalue weighted by Gasteiger charge is 2.29. The quantitative estimate of drug-likeness (QED) is 0.374. The molecule has 0 aromatic carbocycles. The SMILES string of the molecule is CNc1ncc([N+](=O)[O-])c(NCCNC(=O)C2CC2)n1. The monoisotopic (exact) mass is 280 g/mol. The molecule has 0 spiro atoms. The zero-order valence-electron chi connectivity index (χ0n) is 11.0. The van der Waals surface area contributed by atoms with Crippen LogP contribution in [-0.4, -0.2) is 40.9 Å². The number of anilines is 2. The maximum atomic E-state index is 11.4. The van der Waals surface area contributed by atoms with E-state index in [4.69, 9.17) is 0 Å². The van der Waals surface area contributed by atoms with E-state index in [-0.39, 0.29) is 23.3 Å². The molecule has 108 valence electrons. The molecule has 1 heterocycles. The van der Waals surface area contributed by atoms with Crippen molar-refractivity contribution in [1.29, 1.82) is 0 Å². The number of amides is 1. The van der Waals surface area contributed by atoms with Crippen LogP contribution in [0.15, 0.2) is 6.20 Å². The van der Waals surface area contributed by atoms with E-state index in [1.165, 1.54) is 0 Å². The number of nitrogens with one attached hydrogen (secondary N) is 3. The molecule has 0 radical (unpaired) electrons. The summed E-state index contributed by atoms with van der Waals surface area (Å²) in [5.74, 6) is 0.620. The summed E-state index contributed by atoms with van der Waals surface area (Å²) in [6.45, 7) is 0.755. The number of nitro groups is 1. The summed E-state index contributed by atoms with van der Waals surface area (Å²) in [4.78, 5) is 29.5. The second kappa shape index (κ2) is 6.13. The lowest BCUT2D eigenvalue weighted by Crippen LogP contribution is -2.30. The number of hydrogen-bond acceptors (Lipinski definition) is 7. The second-order valence-electron chi connectivity index (χ2n) is 4.43. The van der Waals surface area contributed by atoms with Gasteiger partial charge >= 0.3 is 5.69 Å². The fraction of sp³-hybridized carbons (Fsp3) is 0.545. The fourth-order valence-corrected chi connectivity index (χ4v) is 1.62. The maximum Gasteiger partial charge on any atom is 0.329 e. The average molecular weight is 280 g/mol. The van der Waals surface area contributed by atoms with Crippen LogP contribution in [-0.2, 0) is 4.79 Å². The molecule has 1 fully saturated rings. The van der Waals surface area contributed by atoms with Crippen LogP contribution in [0.3, 0.4) is 0 Å². The van der Waals surface area contributed by atoms with Gasteiger partial charge < -0.3 is 16.0 Å². The fourth-order valence-electron chi connectivity index (χ4n) is 1.62. The van der Waals surface area contributed by atoms with E-state index in [0.717, 1.165) is 19.0 Å². The summed E-state index contributed by atoms with van der Waals surface area (Å²) >= 11 is 0. The molecule has 3 N–H and O–H groups in total. The van der Waals surface area contributed by atoms with Crippen LogP contribution in [0.25, 0.3) is 0 Å². The molecule has 0 unspecified atom stereocenters. The van der Waals surface area contributed by atoms with Crippen LogP contribution >= 0.6 is 0 Å². The van der Waals surface area contributed by atoms with Crippen LogP contribution in [0.1, 0.15) is 12.8 Å². The van der Waals surface area contributed by atoms with Gasteiger partial charge in [0, 0.05) is 26.1 Å². The van der Waals surface area contributed by atoms with Crippen molar-refractivity contribution < 1.29 is 9.72 Å². The summed E-state index contributed by atoms with van der Waals surface area (Å²) in [5, 5.41) is 19.2. The Morgan fingerprint density at radius 1 is 1.50 bits per heavy atom. The van der Waals surface area contributed by atoms with Gasteiger partial charge in [-0.25, -0.2) is 4.98 Å². The summed E-state index contributed by atoms with van der Waals surface area (Å²) in [5.41, 5.74) is -0.197. The Bertz CT molecular complexity index is 517. The Kier molecular flexibility index (Phi) is 4.28. The smallest absolute Gasteiger partial charge is 0.329 e. The normalized spacial score (nSPS) is 13.7. The van der Waals surface area contributed by atoms with Gasteiger partial charge in [0.15, 0.2) is 0 Å². The largest absolute Gasteiger partial charge is 0.362 e. The number of rotatable bonds is 7. The minimum atomic E-state index is -0.551. The first kappa shape index (κ1) is 14.0. The maximum absolute atomic E-state index is 11.4. The van der Waals surface area contributed by atoms with Crippen molar-refractivity contribution >= 4 is 23.4 Å². The van der Waals surface area contributed by atoms with E-state index in [2.05, 4.69) is 25.9 Å². The molecular formula is C11H16N6O3. The summed E-state index contributed by atoms with van der Waals surface area (Å²) in [6.07, 6.45) is 3.04. The molecule has 1 saturated carbocycles. The molecule has 0 atom stereocenters. The molecule has 1 amide bonds. The van der Waals surface area contributed by atoms with E-state index in [1.54, 1.807) is 7.05 Å². The van der Waals surface area contributed by atoms with Gasteiger partial charge in [-0.1, -0.05) is 0 Å². The molecule has 1 aliphatic carbocycles. The Morgan fingerprint density at radius 2 is 2.25 bits per heavy atom. The summed E-state index contributed by atoms with van der Waals surface area (Å²) in [6, 6.07) is 0. The molecule has 1 aromatic rings. The third kappa shape index (κ3) is 3.53. The molecule has 1 aromatic heterocycles. The van der Waals surface area contributed by atoms with Gasteiger partial charge in [0.05, 0.1) is 4.92 Å². The second-order valence-corrected chi connectivity index (χ2v) is 4.43. The van der Waals surface area contributed by atoms with Crippen molar-refractivity contribution in [3.8, 4) is 0 Å². The standard InChI is InChI=1S/C11H16N6O3/c1-12-11-15-6-8(17(19)20)9(16-11)13-4-5-14-10(18)7-2-3-7/h6-7H,2-5H2,1H3,(H,14,18)(H2,12,13,15,16). The summed E-state index contributed by atoms with van der Waals surface area (Å²) < 4.78 is 0. The van der Waals surface area contributed by atoms with Crippen molar-refractivity contribution in [3.05, 3.63) is 16.3 Å². The van der Waals surface area contributed by atoms with Gasteiger partial charge in [-0.2, -0.15) is 4.98 Å². The van der Waals surface area contributed by atoms with Gasteiger partial charge in [0.25, 0.3) is 0 Å². The first-order valence-electron chi connectivity index (χ1n) is 6.32. The predicted octanol–water partition coefficient (Wildman–Crippen LogP) is 0.365. The van der Waals surface area contributed by atoms with Crippen molar-refractivity contribution in [3.63, 3.8) is 0 Å². The van der Waals surface area contributed by atoms with Crippen molar-refractivity contribution in [1.82, 2.24) is 15.3 Å². The topological polar surface area (TPSA) is 122 Å². The van der Waals surface area contributed by atoms with Crippen molar-refractivity contribution in [2.24, 2.45) is 5.92 Å². The zero-order valence-corrected chi connectivity index (χ0v) is 11.0. The highest BCUT2D eigenvalue weighted by molar-refractivity contribution is 5.80. The third-order valence-corrected chi connectivity index (χ3v) is 2.85. The van der Waals surface area contributed by atoms with E-state index < -0.39 is 4.92 Å². The third-order valence-electron chi connectivity index (χ3n) is 2.85. The van der Waals surface area contributed by atoms with Crippen LogP contribution in [0.5, 0.6) is 0 Å². The Hall–Kier alpha value is -2.45. The lowest BCUT2D eigenvalue weighted by Gasteiger charge is -2.08. The van der Waals surface area contributed by atoms with E-state index in [1.807, 2.05) is 0 Å². The molecule has 20 heavy (non-hydrogen) atoms. The number of nitrogens with zero attached hydrogens (tertiary/aromatic N) is 3. The molecule has 1 aliphatic rings. The molecule has 9 nitrogen and oxygen atoms in total. The highest BCUT2D eigenvalue weighted by atomic mass is 16.6. The van der Waals surface area contributed by atoms with Gasteiger partial charge in [-0.05, 0) is 12.8 Å². The minimum absolute atomic E-state index is 0.0416. The van der Waals surface area contributed by atoms with Gasteiger partial charge in [0.1, 0.15) is 6.20 Å². The molecule has 0 aliphatic heterocycles. The first-order chi connectivity index (χ1) is 9.61. The average Bonchev–Trinajstić information content (AvgIpc) is 3.27. The Labute approximate surface area is 115 Å². The van der Waals surface area contributed by atoms with Crippen molar-refractivity contribution in [2.75, 3.05) is 30.8 Å². The van der Waals surface area contributed by atoms with E-state index in [9.17, 15) is 14.9 Å². The van der Waals surface area contributed by atoms with E-state index in [0.29, 0.717) is 19.0 Å². The number of aromatic nitrogens is 2. The van der Waals surface area contributed by atoms with Crippen LogP contribution in [0.2, 0.25) is 0 Å². The number of carbonyl (C=O) groups excluding carboxylic acids is 1. The van der Waals surface area contributed by atoms with E-state index >= 15 is 0 Å². The molecule has 0 bridgehead atoms. The van der Waals surface area contributed by atoms with Gasteiger partial charge in [0.2, 0.25) is 17.7 Å². The molecule has 9 heteroatoms. The number of carbonyl (C=O) groups is 1. The predicted molar refractivity (Wildman–Crippen MR) is 72.5 cm³/mol. The van der Waals surface area contributed by atoms with Crippen LogP contribution in [0.4, 0.5) is 17.5 Å². The zero-order chi connectivity index (χ0) is 14.5. The molecule has 2 rings (SSSR count). The lowest BCUT2D eigenvalue weighted by molar-refractivity contribution is -0.384. The van der Waals surface area contributed by atoms with Crippen LogP contribution < -0.4 is 16.0 Å². The lowest BCUT2D eigenvalue weighted by atomic mass is 10.4. The molecule has 0 saturated heterocycles. The first-order valence-corrected chi connectivity index (χ1v) is 6.32. The van der Waals surface area contributed by atoms with Gasteiger partial charge in [-0.15, -0.1) is 0 Å². The van der Waals surface area contributed by atoms with Gasteiger partial charge in [-0.3, -0.25) is 14.9 Å². The minimum Gasteiger partial charge on any atom is -0.362 e. The molecular weight excluding hydrogens is 264 g/mol. The number of hydrogen-bond donors (Lipinski definition) is 3. The highest BCUT2D eigenvalue weighted by Crippen LogP contribution is 2.28. The van der Waals surface area contributed by atoms with Crippen LogP contribution in [0, 0.1) is 16.0 Å².